The Morgan fingerprint density at radius 1 is 1.43 bits per heavy atom. The van der Waals surface area contributed by atoms with Crippen molar-refractivity contribution in [1.29, 1.82) is 0 Å². The van der Waals surface area contributed by atoms with E-state index in [1.165, 1.54) is 0 Å². The predicted molar refractivity (Wildman–Crippen MR) is 52.0 cm³/mol. The average Bonchev–Trinajstić information content (AvgIpc) is 2.70. The predicted octanol–water partition coefficient (Wildman–Crippen LogP) is 0.778. The lowest BCUT2D eigenvalue weighted by atomic mass is 10.3. The highest BCUT2D eigenvalue weighted by Gasteiger charge is 2.05. The van der Waals surface area contributed by atoms with Crippen LogP contribution < -0.4 is 11.5 Å². The number of hydrogen-bond donors (Lipinski definition) is 2. The average molecular weight is 190 g/mol. The van der Waals surface area contributed by atoms with E-state index in [2.05, 4.69) is 9.97 Å². The monoisotopic (exact) mass is 190 g/mol. The molecule has 0 aromatic carbocycles. The van der Waals surface area contributed by atoms with Gasteiger partial charge in [0.25, 0.3) is 0 Å². The highest BCUT2D eigenvalue weighted by atomic mass is 16.3. The molecule has 2 aromatic rings. The van der Waals surface area contributed by atoms with Crippen LogP contribution in [0.5, 0.6) is 0 Å². The minimum Gasteiger partial charge on any atom is -0.472 e. The van der Waals surface area contributed by atoms with Crippen LogP contribution in [0.3, 0.4) is 0 Å². The van der Waals surface area contributed by atoms with Crippen LogP contribution in [-0.4, -0.2) is 9.97 Å². The standard InChI is InChI=1S/C9H10N4O/c10-3-7-4-12-9(13-8(7)11)6-1-2-14-5-6/h1-2,4-5H,3,10H2,(H2,11,12,13). The molecular formula is C9H10N4O. The van der Waals surface area contributed by atoms with Crippen LogP contribution in [0.25, 0.3) is 11.4 Å². The summed E-state index contributed by atoms with van der Waals surface area (Å²) in [5, 5.41) is 0. The number of hydrogen-bond acceptors (Lipinski definition) is 5. The van der Waals surface area contributed by atoms with Crippen molar-refractivity contribution in [1.82, 2.24) is 9.97 Å². The number of furan rings is 1. The zero-order valence-corrected chi connectivity index (χ0v) is 7.47. The zero-order chi connectivity index (χ0) is 9.97. The third kappa shape index (κ3) is 1.45. The summed E-state index contributed by atoms with van der Waals surface area (Å²) in [6, 6.07) is 1.77. The number of nitrogen functional groups attached to an aromatic ring is 1. The Kier molecular flexibility index (Phi) is 2.16. The van der Waals surface area contributed by atoms with Crippen LogP contribution in [0.1, 0.15) is 5.56 Å². The van der Waals surface area contributed by atoms with Crippen molar-refractivity contribution in [2.45, 2.75) is 6.54 Å². The Bertz CT molecular complexity index is 424. The first-order valence-corrected chi connectivity index (χ1v) is 4.15. The Morgan fingerprint density at radius 2 is 2.29 bits per heavy atom. The van der Waals surface area contributed by atoms with Gasteiger partial charge in [0.15, 0.2) is 5.82 Å². The first kappa shape index (κ1) is 8.71. The van der Waals surface area contributed by atoms with Gasteiger partial charge in [0.05, 0.1) is 11.8 Å². The van der Waals surface area contributed by atoms with Gasteiger partial charge in [-0.05, 0) is 6.07 Å². The third-order valence-corrected chi connectivity index (χ3v) is 1.90. The maximum Gasteiger partial charge on any atom is 0.164 e. The van der Waals surface area contributed by atoms with Crippen LogP contribution >= 0.6 is 0 Å². The van der Waals surface area contributed by atoms with E-state index < -0.39 is 0 Å². The van der Waals surface area contributed by atoms with E-state index in [4.69, 9.17) is 15.9 Å². The lowest BCUT2D eigenvalue weighted by Gasteiger charge is -2.02. The fourth-order valence-electron chi connectivity index (χ4n) is 1.11. The van der Waals surface area contributed by atoms with Gasteiger partial charge in [0.2, 0.25) is 0 Å². The SMILES string of the molecule is NCc1cnc(-c2ccoc2)nc1N. The summed E-state index contributed by atoms with van der Waals surface area (Å²) in [4.78, 5) is 8.23. The smallest absolute Gasteiger partial charge is 0.164 e. The van der Waals surface area contributed by atoms with Crippen molar-refractivity contribution < 1.29 is 4.42 Å². The summed E-state index contributed by atoms with van der Waals surface area (Å²) >= 11 is 0. The second kappa shape index (κ2) is 3.47. The molecule has 0 fully saturated rings. The molecule has 0 unspecified atom stereocenters. The van der Waals surface area contributed by atoms with E-state index in [0.717, 1.165) is 11.1 Å². The van der Waals surface area contributed by atoms with Crippen LogP contribution in [-0.2, 0) is 6.54 Å². The Morgan fingerprint density at radius 3 is 2.86 bits per heavy atom. The lowest BCUT2D eigenvalue weighted by molar-refractivity contribution is 0.568. The molecule has 14 heavy (non-hydrogen) atoms. The summed E-state index contributed by atoms with van der Waals surface area (Å²) < 4.78 is 4.92. The van der Waals surface area contributed by atoms with Crippen LogP contribution in [0.15, 0.2) is 29.2 Å². The van der Waals surface area contributed by atoms with E-state index in [1.807, 2.05) is 0 Å². The highest BCUT2D eigenvalue weighted by Crippen LogP contribution is 2.17. The summed E-state index contributed by atoms with van der Waals surface area (Å²) in [6.45, 7) is 0.345. The van der Waals surface area contributed by atoms with E-state index in [-0.39, 0.29) is 0 Å². The molecule has 0 aliphatic heterocycles. The van der Waals surface area contributed by atoms with Gasteiger partial charge in [0, 0.05) is 18.3 Å². The van der Waals surface area contributed by atoms with Crippen molar-refractivity contribution in [3.63, 3.8) is 0 Å². The molecule has 4 N–H and O–H groups in total. The number of nitrogens with zero attached hydrogens (tertiary/aromatic N) is 2. The van der Waals surface area contributed by atoms with Gasteiger partial charge in [-0.1, -0.05) is 0 Å². The molecule has 5 heteroatoms. The quantitative estimate of drug-likeness (QED) is 0.730. The van der Waals surface area contributed by atoms with Gasteiger partial charge < -0.3 is 15.9 Å². The van der Waals surface area contributed by atoms with Gasteiger partial charge in [-0.25, -0.2) is 9.97 Å². The molecule has 5 nitrogen and oxygen atoms in total. The van der Waals surface area contributed by atoms with Crippen molar-refractivity contribution >= 4 is 5.82 Å². The van der Waals surface area contributed by atoms with E-state index in [9.17, 15) is 0 Å². The zero-order valence-electron chi connectivity index (χ0n) is 7.47. The summed E-state index contributed by atoms with van der Waals surface area (Å²) in [6.07, 6.45) is 4.76. The van der Waals surface area contributed by atoms with Gasteiger partial charge in [-0.2, -0.15) is 0 Å². The molecule has 0 radical (unpaired) electrons. The molecule has 72 valence electrons. The topological polar surface area (TPSA) is 91.0 Å². The second-order valence-corrected chi connectivity index (χ2v) is 2.82. The van der Waals surface area contributed by atoms with Gasteiger partial charge >= 0.3 is 0 Å². The molecule has 0 aliphatic rings. The summed E-state index contributed by atoms with van der Waals surface area (Å²) in [7, 11) is 0. The summed E-state index contributed by atoms with van der Waals surface area (Å²) in [5.74, 6) is 0.965. The van der Waals surface area contributed by atoms with E-state index in [1.54, 1.807) is 24.8 Å². The largest absolute Gasteiger partial charge is 0.472 e. The van der Waals surface area contributed by atoms with Crippen LogP contribution in [0.2, 0.25) is 0 Å². The van der Waals surface area contributed by atoms with Crippen LogP contribution in [0, 0.1) is 0 Å². The molecule has 0 amide bonds. The van der Waals surface area contributed by atoms with Gasteiger partial charge in [0.1, 0.15) is 12.1 Å². The molecule has 0 bridgehead atoms. The minimum absolute atomic E-state index is 0.345. The van der Waals surface area contributed by atoms with Crippen molar-refractivity contribution in [3.8, 4) is 11.4 Å². The Hall–Kier alpha value is -1.88. The third-order valence-electron chi connectivity index (χ3n) is 1.90. The molecule has 2 rings (SSSR count). The van der Waals surface area contributed by atoms with Crippen molar-refractivity contribution in [2.75, 3.05) is 5.73 Å². The summed E-state index contributed by atoms with van der Waals surface area (Å²) in [5.41, 5.74) is 12.7. The fourth-order valence-corrected chi connectivity index (χ4v) is 1.11. The van der Waals surface area contributed by atoms with Gasteiger partial charge in [-0.15, -0.1) is 0 Å². The number of nitrogens with two attached hydrogens (primary N) is 2. The number of rotatable bonds is 2. The maximum absolute atomic E-state index is 5.68. The molecule has 0 atom stereocenters. The minimum atomic E-state index is 0.345. The lowest BCUT2D eigenvalue weighted by Crippen LogP contribution is -2.05. The number of aromatic nitrogens is 2. The van der Waals surface area contributed by atoms with Crippen LogP contribution in [0.4, 0.5) is 5.82 Å². The second-order valence-electron chi connectivity index (χ2n) is 2.82. The number of anilines is 1. The maximum atomic E-state index is 5.68. The molecule has 0 saturated carbocycles. The van der Waals surface area contributed by atoms with Crippen molar-refractivity contribution in [2.24, 2.45) is 5.73 Å². The normalized spacial score (nSPS) is 10.4. The van der Waals surface area contributed by atoms with Crippen molar-refractivity contribution in [3.05, 3.63) is 30.4 Å². The molecule has 2 heterocycles. The molecule has 0 spiro atoms. The first-order chi connectivity index (χ1) is 6.81. The van der Waals surface area contributed by atoms with E-state index >= 15 is 0 Å². The first-order valence-electron chi connectivity index (χ1n) is 4.15. The van der Waals surface area contributed by atoms with Gasteiger partial charge in [-0.3, -0.25) is 0 Å². The Balaban J connectivity index is 2.43. The molecule has 0 saturated heterocycles. The van der Waals surface area contributed by atoms with E-state index in [0.29, 0.717) is 18.2 Å². The molecular weight excluding hydrogens is 180 g/mol. The highest BCUT2D eigenvalue weighted by molar-refractivity contribution is 5.55. The molecule has 0 aliphatic carbocycles. The fraction of sp³-hybridized carbons (Fsp3) is 0.111. The molecule has 2 aromatic heterocycles. The Labute approximate surface area is 80.8 Å².